The molecule has 116 valence electrons. The van der Waals surface area contributed by atoms with Gasteiger partial charge in [0.2, 0.25) is 0 Å². The number of alkyl halides is 2. The number of carbonyl (C=O) groups is 1. The first-order chi connectivity index (χ1) is 10.4. The van der Waals surface area contributed by atoms with E-state index in [1.54, 1.807) is 24.3 Å². The van der Waals surface area contributed by atoms with Crippen molar-refractivity contribution in [1.82, 2.24) is 14.9 Å². The molecule has 3 rings (SSSR count). The van der Waals surface area contributed by atoms with E-state index in [-0.39, 0.29) is 5.82 Å². The van der Waals surface area contributed by atoms with Crippen LogP contribution in [0.15, 0.2) is 29.1 Å². The lowest BCUT2D eigenvalue weighted by Gasteiger charge is -2.21. The van der Waals surface area contributed by atoms with Crippen LogP contribution in [0.3, 0.4) is 0 Å². The van der Waals surface area contributed by atoms with Crippen LogP contribution >= 0.6 is 0 Å². The number of fused-ring (bicyclic) bond motifs is 1. The van der Waals surface area contributed by atoms with Gasteiger partial charge in [0.05, 0.1) is 30.1 Å². The molecule has 0 radical (unpaired) electrons. The predicted molar refractivity (Wildman–Crippen MR) is 73.8 cm³/mol. The first-order valence-corrected chi connectivity index (χ1v) is 6.70. The number of H-pyrrole nitrogens is 1. The summed E-state index contributed by atoms with van der Waals surface area (Å²) < 4.78 is 26.9. The summed E-state index contributed by atoms with van der Waals surface area (Å²) in [6, 6.07) is 5.44. The molecule has 1 amide bonds. The molecule has 8 heteroatoms. The smallest absolute Gasteiger partial charge is 0.290 e. The second-order valence-corrected chi connectivity index (χ2v) is 5.26. The van der Waals surface area contributed by atoms with E-state index in [0.717, 1.165) is 4.90 Å². The Morgan fingerprint density at radius 1 is 1.45 bits per heavy atom. The zero-order chi connectivity index (χ0) is 15.9. The SMILES string of the molecule is O=C(c1nc2ccccc2c(=O)[nH]1)N1CC(F)(F)CC1CO. The highest BCUT2D eigenvalue weighted by Crippen LogP contribution is 2.32. The molecule has 1 atom stereocenters. The zero-order valence-electron chi connectivity index (χ0n) is 11.4. The van der Waals surface area contributed by atoms with Gasteiger partial charge in [-0.25, -0.2) is 13.8 Å². The molecule has 0 aliphatic carbocycles. The molecular weight excluding hydrogens is 296 g/mol. The van der Waals surface area contributed by atoms with Crippen LogP contribution in [0.4, 0.5) is 8.78 Å². The molecule has 0 spiro atoms. The summed E-state index contributed by atoms with van der Waals surface area (Å²) in [6.07, 6.45) is -0.604. The van der Waals surface area contributed by atoms with Gasteiger partial charge in [-0.2, -0.15) is 0 Å². The quantitative estimate of drug-likeness (QED) is 0.858. The maximum atomic E-state index is 13.4. The molecule has 1 aromatic carbocycles. The number of hydrogen-bond acceptors (Lipinski definition) is 4. The van der Waals surface area contributed by atoms with Crippen molar-refractivity contribution in [3.05, 3.63) is 40.4 Å². The van der Waals surface area contributed by atoms with Gasteiger partial charge in [-0.15, -0.1) is 0 Å². The zero-order valence-corrected chi connectivity index (χ0v) is 11.4. The number of nitrogens with one attached hydrogen (secondary N) is 1. The van der Waals surface area contributed by atoms with Crippen LogP contribution in [0, 0.1) is 0 Å². The Morgan fingerprint density at radius 2 is 2.18 bits per heavy atom. The number of hydrogen-bond donors (Lipinski definition) is 2. The Kier molecular flexibility index (Phi) is 3.40. The maximum Gasteiger partial charge on any atom is 0.290 e. The monoisotopic (exact) mass is 309 g/mol. The van der Waals surface area contributed by atoms with Crippen molar-refractivity contribution >= 4 is 16.8 Å². The largest absolute Gasteiger partial charge is 0.394 e. The third kappa shape index (κ3) is 2.45. The van der Waals surface area contributed by atoms with Crippen molar-refractivity contribution in [3.63, 3.8) is 0 Å². The van der Waals surface area contributed by atoms with Crippen molar-refractivity contribution in [1.29, 1.82) is 0 Å². The Hall–Kier alpha value is -2.35. The molecule has 1 fully saturated rings. The highest BCUT2D eigenvalue weighted by atomic mass is 19.3. The molecule has 2 N–H and O–H groups in total. The number of likely N-dealkylation sites (tertiary alicyclic amines) is 1. The van der Waals surface area contributed by atoms with Crippen molar-refractivity contribution in [3.8, 4) is 0 Å². The molecule has 0 saturated carbocycles. The molecule has 0 bridgehead atoms. The molecule has 2 aromatic rings. The maximum absolute atomic E-state index is 13.4. The van der Waals surface area contributed by atoms with E-state index >= 15 is 0 Å². The molecule has 1 saturated heterocycles. The van der Waals surface area contributed by atoms with Gasteiger partial charge in [-0.1, -0.05) is 12.1 Å². The van der Waals surface area contributed by atoms with Gasteiger partial charge < -0.3 is 15.0 Å². The Bertz CT molecular complexity index is 790. The number of aliphatic hydroxyl groups is 1. The van der Waals surface area contributed by atoms with Gasteiger partial charge in [-0.3, -0.25) is 9.59 Å². The molecule has 6 nitrogen and oxygen atoms in total. The summed E-state index contributed by atoms with van der Waals surface area (Å²) in [5.41, 5.74) is -0.207. The van der Waals surface area contributed by atoms with Crippen LogP contribution in [0.1, 0.15) is 17.0 Å². The van der Waals surface area contributed by atoms with Crippen LogP contribution in [-0.4, -0.2) is 51.0 Å². The Labute approximate surface area is 123 Å². The van der Waals surface area contributed by atoms with E-state index in [9.17, 15) is 23.5 Å². The Morgan fingerprint density at radius 3 is 2.91 bits per heavy atom. The molecule has 1 aromatic heterocycles. The second-order valence-electron chi connectivity index (χ2n) is 5.26. The van der Waals surface area contributed by atoms with E-state index in [0.29, 0.717) is 10.9 Å². The number of rotatable bonds is 2. The minimum absolute atomic E-state index is 0.306. The van der Waals surface area contributed by atoms with E-state index in [1.165, 1.54) is 0 Å². The third-order valence-corrected chi connectivity index (χ3v) is 3.66. The van der Waals surface area contributed by atoms with Crippen LogP contribution in [0.2, 0.25) is 0 Å². The normalized spacial score (nSPS) is 20.5. The number of aromatic nitrogens is 2. The van der Waals surface area contributed by atoms with Gasteiger partial charge in [0.25, 0.3) is 17.4 Å². The van der Waals surface area contributed by atoms with Crippen LogP contribution < -0.4 is 5.56 Å². The number of carbonyl (C=O) groups excluding carboxylic acids is 1. The van der Waals surface area contributed by atoms with Crippen molar-refractivity contribution < 1.29 is 18.7 Å². The summed E-state index contributed by atoms with van der Waals surface area (Å²) in [7, 11) is 0. The van der Waals surface area contributed by atoms with E-state index < -0.39 is 43.0 Å². The highest BCUT2D eigenvalue weighted by Gasteiger charge is 2.47. The van der Waals surface area contributed by atoms with E-state index in [2.05, 4.69) is 9.97 Å². The number of benzene rings is 1. The molecule has 2 heterocycles. The first kappa shape index (κ1) is 14.6. The highest BCUT2D eigenvalue weighted by molar-refractivity contribution is 5.93. The topological polar surface area (TPSA) is 86.3 Å². The molecule has 22 heavy (non-hydrogen) atoms. The minimum atomic E-state index is -3.06. The molecule has 1 unspecified atom stereocenters. The fourth-order valence-electron chi connectivity index (χ4n) is 2.62. The van der Waals surface area contributed by atoms with Crippen molar-refractivity contribution in [2.75, 3.05) is 13.2 Å². The lowest BCUT2D eigenvalue weighted by atomic mass is 10.2. The minimum Gasteiger partial charge on any atom is -0.394 e. The average Bonchev–Trinajstić information content (AvgIpc) is 2.81. The Balaban J connectivity index is 2.00. The number of nitrogens with zero attached hydrogens (tertiary/aromatic N) is 2. The standard InChI is InChI=1S/C14H13F2N3O3/c15-14(16)5-8(6-20)19(7-14)13(22)11-17-10-4-2-1-3-9(10)12(21)18-11/h1-4,8,20H,5-7H2,(H,17,18,21). The number of halogens is 2. The van der Waals surface area contributed by atoms with Gasteiger partial charge in [0.1, 0.15) is 0 Å². The van der Waals surface area contributed by atoms with E-state index in [1.807, 2.05) is 0 Å². The second kappa shape index (κ2) is 5.13. The summed E-state index contributed by atoms with van der Waals surface area (Å²) in [4.78, 5) is 31.5. The molecule has 1 aliphatic rings. The third-order valence-electron chi connectivity index (χ3n) is 3.66. The number of para-hydroxylation sites is 1. The van der Waals surface area contributed by atoms with Gasteiger partial charge in [-0.05, 0) is 12.1 Å². The van der Waals surface area contributed by atoms with E-state index in [4.69, 9.17) is 0 Å². The fraction of sp³-hybridized carbons (Fsp3) is 0.357. The molecule has 1 aliphatic heterocycles. The van der Waals surface area contributed by atoms with Crippen LogP contribution in [0.5, 0.6) is 0 Å². The van der Waals surface area contributed by atoms with Crippen molar-refractivity contribution in [2.45, 2.75) is 18.4 Å². The number of aliphatic hydroxyl groups excluding tert-OH is 1. The van der Waals surface area contributed by atoms with Crippen LogP contribution in [0.25, 0.3) is 10.9 Å². The first-order valence-electron chi connectivity index (χ1n) is 6.70. The summed E-state index contributed by atoms with van der Waals surface area (Å²) in [5.74, 6) is -4.18. The van der Waals surface area contributed by atoms with Crippen molar-refractivity contribution in [2.24, 2.45) is 0 Å². The predicted octanol–water partition coefficient (Wildman–Crippen LogP) is 0.765. The number of aromatic amines is 1. The summed E-state index contributed by atoms with van der Waals surface area (Å²) in [6.45, 7) is -1.37. The van der Waals surface area contributed by atoms with Gasteiger partial charge >= 0.3 is 0 Å². The summed E-state index contributed by atoms with van der Waals surface area (Å²) >= 11 is 0. The summed E-state index contributed by atoms with van der Waals surface area (Å²) in [5, 5.41) is 9.48. The average molecular weight is 309 g/mol. The number of amides is 1. The lowest BCUT2D eigenvalue weighted by molar-refractivity contribution is 0.0114. The lowest BCUT2D eigenvalue weighted by Crippen LogP contribution is -2.39. The van der Waals surface area contributed by atoms with Crippen LogP contribution in [-0.2, 0) is 0 Å². The van der Waals surface area contributed by atoms with Gasteiger partial charge in [0, 0.05) is 6.42 Å². The van der Waals surface area contributed by atoms with Gasteiger partial charge in [0.15, 0.2) is 5.82 Å². The molecular formula is C14H13F2N3O3. The fourth-order valence-corrected chi connectivity index (χ4v) is 2.62.